The van der Waals surface area contributed by atoms with Gasteiger partial charge in [-0.1, -0.05) is 19.0 Å². The number of carbonyl (C=O) groups excluding carboxylic acids is 1. The maximum absolute atomic E-state index is 12.3. The quantitative estimate of drug-likeness (QED) is 0.320. The van der Waals surface area contributed by atoms with Crippen molar-refractivity contribution in [1.82, 2.24) is 10.3 Å². The number of aromatic nitrogens is 1. The molecule has 0 saturated heterocycles. The normalized spacial score (nSPS) is 12.5. The number of oxime groups is 1. The van der Waals surface area contributed by atoms with E-state index in [0.29, 0.717) is 19.4 Å². The van der Waals surface area contributed by atoms with Crippen molar-refractivity contribution in [3.05, 3.63) is 16.1 Å². The predicted octanol–water partition coefficient (Wildman–Crippen LogP) is 1.62. The summed E-state index contributed by atoms with van der Waals surface area (Å²) in [6, 6.07) is 0. The molecule has 6 nitrogen and oxygen atoms in total. The number of carbonyl (C=O) groups is 1. The first kappa shape index (κ1) is 15.4. The first-order chi connectivity index (χ1) is 9.01. The Bertz CT molecular complexity index is 466. The zero-order chi connectivity index (χ0) is 14.5. The van der Waals surface area contributed by atoms with Gasteiger partial charge in [0.25, 0.3) is 0 Å². The van der Waals surface area contributed by atoms with Crippen molar-refractivity contribution in [1.29, 1.82) is 0 Å². The van der Waals surface area contributed by atoms with E-state index in [2.05, 4.69) is 15.5 Å². The zero-order valence-corrected chi connectivity index (χ0v) is 12.3. The molecule has 1 aromatic rings. The molecule has 1 heterocycles. The molecule has 0 radical (unpaired) electrons. The topological polar surface area (TPSA) is 101 Å². The van der Waals surface area contributed by atoms with E-state index >= 15 is 0 Å². The molecule has 0 aliphatic carbocycles. The summed E-state index contributed by atoms with van der Waals surface area (Å²) in [4.78, 5) is 17.5. The van der Waals surface area contributed by atoms with Crippen molar-refractivity contribution in [3.8, 4) is 0 Å². The Morgan fingerprint density at radius 3 is 2.63 bits per heavy atom. The highest BCUT2D eigenvalue weighted by atomic mass is 32.1. The van der Waals surface area contributed by atoms with Crippen LogP contribution in [0.4, 0.5) is 0 Å². The van der Waals surface area contributed by atoms with E-state index in [1.807, 2.05) is 20.8 Å². The molecule has 0 bridgehead atoms. The number of amides is 1. The number of nitrogens with zero attached hydrogens (tertiary/aromatic N) is 2. The lowest BCUT2D eigenvalue weighted by Gasteiger charge is -2.28. The van der Waals surface area contributed by atoms with Crippen LogP contribution < -0.4 is 11.1 Å². The number of amidine groups is 1. The molecule has 0 fully saturated rings. The fourth-order valence-corrected chi connectivity index (χ4v) is 2.69. The Hall–Kier alpha value is -1.63. The Morgan fingerprint density at radius 1 is 1.58 bits per heavy atom. The number of hydrogen-bond donors (Lipinski definition) is 3. The molecule has 1 amide bonds. The molecule has 0 spiro atoms. The molecule has 0 unspecified atom stereocenters. The molecule has 1 rings (SSSR count). The van der Waals surface area contributed by atoms with E-state index in [1.54, 1.807) is 5.51 Å². The van der Waals surface area contributed by atoms with Gasteiger partial charge in [0.05, 0.1) is 17.7 Å². The Kier molecular flexibility index (Phi) is 5.29. The van der Waals surface area contributed by atoms with Gasteiger partial charge in [-0.15, -0.1) is 11.3 Å². The smallest absolute Gasteiger partial charge is 0.234 e. The van der Waals surface area contributed by atoms with Gasteiger partial charge in [0, 0.05) is 4.88 Å². The van der Waals surface area contributed by atoms with Crippen LogP contribution in [0.3, 0.4) is 0 Å². The van der Waals surface area contributed by atoms with E-state index in [1.165, 1.54) is 11.3 Å². The van der Waals surface area contributed by atoms with Crippen molar-refractivity contribution in [2.45, 2.75) is 40.2 Å². The lowest BCUT2D eigenvalue weighted by atomic mass is 9.80. The average Bonchev–Trinajstić information content (AvgIpc) is 2.83. The Balaban J connectivity index is 2.82. The molecular formula is C12H20N4O2S. The molecule has 1 aromatic heterocycles. The van der Waals surface area contributed by atoms with Gasteiger partial charge in [0.1, 0.15) is 5.41 Å². The molecule has 0 aliphatic rings. The van der Waals surface area contributed by atoms with Gasteiger partial charge in [-0.3, -0.25) is 4.79 Å². The largest absolute Gasteiger partial charge is 0.409 e. The van der Waals surface area contributed by atoms with Gasteiger partial charge in [-0.2, -0.15) is 0 Å². The minimum absolute atomic E-state index is 0.0453. The fraction of sp³-hybridized carbons (Fsp3) is 0.583. The summed E-state index contributed by atoms with van der Waals surface area (Å²) in [6.07, 6.45) is 0.958. The van der Waals surface area contributed by atoms with Crippen LogP contribution in [0.5, 0.6) is 0 Å². The number of rotatable bonds is 6. The second-order valence-corrected chi connectivity index (χ2v) is 5.26. The molecule has 7 heteroatoms. The van der Waals surface area contributed by atoms with E-state index in [0.717, 1.165) is 10.6 Å². The summed E-state index contributed by atoms with van der Waals surface area (Å²) >= 11 is 1.49. The highest BCUT2D eigenvalue weighted by Gasteiger charge is 2.39. The third kappa shape index (κ3) is 3.04. The predicted molar refractivity (Wildman–Crippen MR) is 75.1 cm³/mol. The summed E-state index contributed by atoms with van der Waals surface area (Å²) in [5.41, 5.74) is 7.38. The molecule has 4 N–H and O–H groups in total. The van der Waals surface area contributed by atoms with Crippen LogP contribution in [0, 0.1) is 12.3 Å². The van der Waals surface area contributed by atoms with Gasteiger partial charge >= 0.3 is 0 Å². The molecule has 0 aliphatic heterocycles. The maximum atomic E-state index is 12.3. The minimum atomic E-state index is -0.951. The van der Waals surface area contributed by atoms with Gasteiger partial charge < -0.3 is 16.3 Å². The van der Waals surface area contributed by atoms with E-state index in [4.69, 9.17) is 10.9 Å². The number of aryl methyl sites for hydroxylation is 1. The molecule has 0 atom stereocenters. The van der Waals surface area contributed by atoms with Crippen LogP contribution in [0.15, 0.2) is 10.7 Å². The fourth-order valence-electron chi connectivity index (χ4n) is 1.97. The van der Waals surface area contributed by atoms with Gasteiger partial charge in [0.2, 0.25) is 5.91 Å². The van der Waals surface area contributed by atoms with Crippen LogP contribution in [0.25, 0.3) is 0 Å². The lowest BCUT2D eigenvalue weighted by molar-refractivity contribution is -0.128. The minimum Gasteiger partial charge on any atom is -0.409 e. The molecule has 0 aromatic carbocycles. The third-order valence-electron chi connectivity index (χ3n) is 3.49. The summed E-state index contributed by atoms with van der Waals surface area (Å²) in [5, 5.41) is 14.7. The number of nitrogens with two attached hydrogens (primary N) is 1. The number of nitrogens with one attached hydrogen (secondary N) is 1. The van der Waals surface area contributed by atoms with Crippen molar-refractivity contribution < 1.29 is 10.0 Å². The first-order valence-electron chi connectivity index (χ1n) is 6.17. The van der Waals surface area contributed by atoms with Crippen LogP contribution in [0.1, 0.15) is 37.3 Å². The average molecular weight is 284 g/mol. The van der Waals surface area contributed by atoms with Gasteiger partial charge in [0.15, 0.2) is 5.84 Å². The Labute approximate surface area is 116 Å². The SMILES string of the molecule is CCC(CC)(C(=O)NCc1scnc1C)C(N)=NO. The highest BCUT2D eigenvalue weighted by Crippen LogP contribution is 2.27. The summed E-state index contributed by atoms with van der Waals surface area (Å²) in [5.74, 6) is -0.267. The molecule has 106 valence electrons. The summed E-state index contributed by atoms with van der Waals surface area (Å²) < 4.78 is 0. The standard InChI is InChI=1S/C12H20N4O2S/c1-4-12(5-2,10(13)16-18)11(17)14-6-9-8(3)15-7-19-9/h7,18H,4-6H2,1-3H3,(H2,13,16)(H,14,17). The first-order valence-corrected chi connectivity index (χ1v) is 7.05. The number of hydrogen-bond acceptors (Lipinski definition) is 5. The van der Waals surface area contributed by atoms with Crippen LogP contribution in [-0.2, 0) is 11.3 Å². The number of thiazole rings is 1. The highest BCUT2D eigenvalue weighted by molar-refractivity contribution is 7.09. The van der Waals surface area contributed by atoms with Crippen molar-refractivity contribution in [2.75, 3.05) is 0 Å². The van der Waals surface area contributed by atoms with E-state index < -0.39 is 5.41 Å². The molecule has 0 saturated carbocycles. The van der Waals surface area contributed by atoms with E-state index in [-0.39, 0.29) is 11.7 Å². The second-order valence-electron chi connectivity index (χ2n) is 4.32. The summed E-state index contributed by atoms with van der Waals surface area (Å²) in [7, 11) is 0. The Morgan fingerprint density at radius 2 is 2.21 bits per heavy atom. The van der Waals surface area contributed by atoms with Gasteiger partial charge in [-0.25, -0.2) is 4.98 Å². The van der Waals surface area contributed by atoms with E-state index in [9.17, 15) is 4.79 Å². The van der Waals surface area contributed by atoms with Crippen LogP contribution >= 0.6 is 11.3 Å². The van der Waals surface area contributed by atoms with Crippen LogP contribution in [-0.4, -0.2) is 21.9 Å². The van der Waals surface area contributed by atoms with Crippen molar-refractivity contribution in [2.24, 2.45) is 16.3 Å². The monoisotopic (exact) mass is 284 g/mol. The molecule has 19 heavy (non-hydrogen) atoms. The third-order valence-corrected chi connectivity index (χ3v) is 4.43. The maximum Gasteiger partial charge on any atom is 0.234 e. The van der Waals surface area contributed by atoms with Crippen molar-refractivity contribution in [3.63, 3.8) is 0 Å². The molecular weight excluding hydrogens is 264 g/mol. The zero-order valence-electron chi connectivity index (χ0n) is 11.4. The lowest BCUT2D eigenvalue weighted by Crippen LogP contribution is -2.49. The van der Waals surface area contributed by atoms with Crippen LogP contribution in [0.2, 0.25) is 0 Å². The van der Waals surface area contributed by atoms with Gasteiger partial charge in [-0.05, 0) is 19.8 Å². The van der Waals surface area contributed by atoms with Crippen molar-refractivity contribution >= 4 is 23.1 Å². The summed E-state index contributed by atoms with van der Waals surface area (Å²) in [6.45, 7) is 6.00. The second kappa shape index (κ2) is 6.51.